The zero-order valence-electron chi connectivity index (χ0n) is 9.32. The molecule has 0 radical (unpaired) electrons. The Morgan fingerprint density at radius 1 is 1.40 bits per heavy atom. The molecule has 0 N–H and O–H groups in total. The van der Waals surface area contributed by atoms with Gasteiger partial charge in [-0.25, -0.2) is 0 Å². The molecule has 2 nitrogen and oxygen atoms in total. The number of thioether (sulfide) groups is 1. The predicted octanol–water partition coefficient (Wildman–Crippen LogP) is 3.11. The van der Waals surface area contributed by atoms with Crippen LogP contribution in [0, 0.1) is 0 Å². The first-order chi connectivity index (χ1) is 7.26. The minimum absolute atomic E-state index is 0.324. The van der Waals surface area contributed by atoms with Crippen LogP contribution in [0.1, 0.15) is 32.3 Å². The zero-order chi connectivity index (χ0) is 11.1. The van der Waals surface area contributed by atoms with Gasteiger partial charge in [-0.2, -0.15) is 0 Å². The number of nitrogens with zero attached hydrogens (tertiary/aromatic N) is 1. The van der Waals surface area contributed by atoms with Crippen LogP contribution in [-0.4, -0.2) is 16.5 Å². The molecule has 1 rings (SSSR count). The van der Waals surface area contributed by atoms with Crippen LogP contribution in [0.5, 0.6) is 0 Å². The Balaban J connectivity index is 2.46. The first kappa shape index (κ1) is 12.2. The Bertz CT molecular complexity index is 325. The molecule has 0 aliphatic carbocycles. The van der Waals surface area contributed by atoms with Gasteiger partial charge in [-0.3, -0.25) is 9.78 Å². The molecule has 0 atom stereocenters. The van der Waals surface area contributed by atoms with E-state index < -0.39 is 0 Å². The SMILES string of the molecule is CCCC(=O)CSc1cncc(CC)c1. The molecule has 0 spiro atoms. The maximum Gasteiger partial charge on any atom is 0.143 e. The van der Waals surface area contributed by atoms with Gasteiger partial charge in [0.1, 0.15) is 5.78 Å². The summed E-state index contributed by atoms with van der Waals surface area (Å²) < 4.78 is 0. The highest BCUT2D eigenvalue weighted by atomic mass is 32.2. The number of aryl methyl sites for hydroxylation is 1. The summed E-state index contributed by atoms with van der Waals surface area (Å²) in [5.41, 5.74) is 1.22. The highest BCUT2D eigenvalue weighted by Gasteiger charge is 2.02. The minimum Gasteiger partial charge on any atom is -0.299 e. The highest BCUT2D eigenvalue weighted by molar-refractivity contribution is 8.00. The Labute approximate surface area is 95.5 Å². The minimum atomic E-state index is 0.324. The summed E-state index contributed by atoms with van der Waals surface area (Å²) >= 11 is 1.59. The maximum atomic E-state index is 11.3. The van der Waals surface area contributed by atoms with Crippen LogP contribution in [0.4, 0.5) is 0 Å². The van der Waals surface area contributed by atoms with E-state index in [0.717, 1.165) is 17.7 Å². The molecule has 1 aromatic heterocycles. The normalized spacial score (nSPS) is 10.3. The largest absolute Gasteiger partial charge is 0.299 e. The number of rotatable bonds is 6. The summed E-state index contributed by atoms with van der Waals surface area (Å²) in [4.78, 5) is 16.6. The third kappa shape index (κ3) is 4.47. The van der Waals surface area contributed by atoms with Crippen molar-refractivity contribution in [3.8, 4) is 0 Å². The quantitative estimate of drug-likeness (QED) is 0.694. The number of ketones is 1. The lowest BCUT2D eigenvalue weighted by Crippen LogP contribution is -2.00. The average Bonchev–Trinajstić information content (AvgIpc) is 2.27. The zero-order valence-corrected chi connectivity index (χ0v) is 10.1. The monoisotopic (exact) mass is 223 g/mol. The molecule has 1 aromatic rings. The van der Waals surface area contributed by atoms with Gasteiger partial charge in [0.2, 0.25) is 0 Å². The van der Waals surface area contributed by atoms with Crippen molar-refractivity contribution in [1.82, 2.24) is 4.98 Å². The number of hydrogen-bond acceptors (Lipinski definition) is 3. The van der Waals surface area contributed by atoms with Gasteiger partial charge in [0, 0.05) is 23.7 Å². The molecule has 0 fully saturated rings. The molecule has 3 heteroatoms. The van der Waals surface area contributed by atoms with Crippen molar-refractivity contribution in [3.05, 3.63) is 24.0 Å². The van der Waals surface area contributed by atoms with Crippen LogP contribution < -0.4 is 0 Å². The molecule has 0 bridgehead atoms. The number of carbonyl (C=O) groups excluding carboxylic acids is 1. The Morgan fingerprint density at radius 3 is 2.87 bits per heavy atom. The molecule has 0 saturated carbocycles. The van der Waals surface area contributed by atoms with E-state index in [-0.39, 0.29) is 0 Å². The Morgan fingerprint density at radius 2 is 2.20 bits per heavy atom. The molecule has 0 aliphatic heterocycles. The van der Waals surface area contributed by atoms with Gasteiger partial charge in [0.25, 0.3) is 0 Å². The summed E-state index contributed by atoms with van der Waals surface area (Å²) in [6.45, 7) is 4.13. The van der Waals surface area contributed by atoms with E-state index in [9.17, 15) is 4.79 Å². The highest BCUT2D eigenvalue weighted by Crippen LogP contribution is 2.18. The summed E-state index contributed by atoms with van der Waals surface area (Å²) in [6.07, 6.45) is 6.31. The van der Waals surface area contributed by atoms with Crippen LogP contribution in [0.15, 0.2) is 23.4 Å². The molecular weight excluding hydrogens is 206 g/mol. The maximum absolute atomic E-state index is 11.3. The Kier molecular flexibility index (Phi) is 5.40. The number of Topliss-reactive ketones (excluding diaryl/α,β-unsaturated/α-hetero) is 1. The van der Waals surface area contributed by atoms with Crippen LogP contribution in [-0.2, 0) is 11.2 Å². The van der Waals surface area contributed by atoms with Crippen molar-refractivity contribution in [2.45, 2.75) is 38.0 Å². The smallest absolute Gasteiger partial charge is 0.143 e. The van der Waals surface area contributed by atoms with Gasteiger partial charge < -0.3 is 0 Å². The Hall–Kier alpha value is -0.830. The number of hydrogen-bond donors (Lipinski definition) is 0. The van der Waals surface area contributed by atoms with Crippen LogP contribution in [0.3, 0.4) is 0 Å². The van der Waals surface area contributed by atoms with Gasteiger partial charge in [-0.1, -0.05) is 13.8 Å². The fourth-order valence-electron chi connectivity index (χ4n) is 1.25. The van der Waals surface area contributed by atoms with E-state index in [1.807, 2.05) is 19.3 Å². The van der Waals surface area contributed by atoms with Crippen molar-refractivity contribution < 1.29 is 4.79 Å². The molecular formula is C12H17NOS. The molecule has 82 valence electrons. The van der Waals surface area contributed by atoms with Crippen molar-refractivity contribution in [1.29, 1.82) is 0 Å². The number of carbonyl (C=O) groups is 1. The molecule has 15 heavy (non-hydrogen) atoms. The van der Waals surface area contributed by atoms with E-state index >= 15 is 0 Å². The topological polar surface area (TPSA) is 30.0 Å². The summed E-state index contributed by atoms with van der Waals surface area (Å²) in [6, 6.07) is 2.11. The number of aromatic nitrogens is 1. The van der Waals surface area contributed by atoms with E-state index in [2.05, 4.69) is 18.0 Å². The molecule has 1 heterocycles. The lowest BCUT2D eigenvalue weighted by atomic mass is 10.2. The van der Waals surface area contributed by atoms with Gasteiger partial charge in [0.15, 0.2) is 0 Å². The van der Waals surface area contributed by atoms with Gasteiger partial charge in [-0.05, 0) is 24.5 Å². The van der Waals surface area contributed by atoms with E-state index in [4.69, 9.17) is 0 Å². The second-order valence-electron chi connectivity index (χ2n) is 3.46. The lowest BCUT2D eigenvalue weighted by molar-refractivity contribution is -0.116. The first-order valence-corrected chi connectivity index (χ1v) is 6.33. The van der Waals surface area contributed by atoms with Crippen LogP contribution in [0.2, 0.25) is 0 Å². The lowest BCUT2D eigenvalue weighted by Gasteiger charge is -2.02. The summed E-state index contributed by atoms with van der Waals surface area (Å²) in [5.74, 6) is 0.896. The van der Waals surface area contributed by atoms with Gasteiger partial charge >= 0.3 is 0 Å². The third-order valence-electron chi connectivity index (χ3n) is 2.11. The average molecular weight is 223 g/mol. The summed E-state index contributed by atoms with van der Waals surface area (Å²) in [7, 11) is 0. The van der Waals surface area contributed by atoms with Gasteiger partial charge in [-0.15, -0.1) is 11.8 Å². The molecule has 0 aliphatic rings. The second-order valence-corrected chi connectivity index (χ2v) is 4.51. The third-order valence-corrected chi connectivity index (χ3v) is 3.13. The van der Waals surface area contributed by atoms with Gasteiger partial charge in [0.05, 0.1) is 5.75 Å². The second kappa shape index (κ2) is 6.62. The fourth-order valence-corrected chi connectivity index (χ4v) is 2.09. The standard InChI is InChI=1S/C12H17NOS/c1-3-5-11(14)9-15-12-6-10(4-2)7-13-8-12/h6-8H,3-5,9H2,1-2H3. The molecule has 0 amide bonds. The van der Waals surface area contributed by atoms with E-state index in [1.54, 1.807) is 11.8 Å². The van der Waals surface area contributed by atoms with Crippen molar-refractivity contribution in [2.75, 3.05) is 5.75 Å². The van der Waals surface area contributed by atoms with Crippen molar-refractivity contribution >= 4 is 17.5 Å². The van der Waals surface area contributed by atoms with Crippen LogP contribution >= 0.6 is 11.8 Å². The van der Waals surface area contributed by atoms with E-state index in [0.29, 0.717) is 18.0 Å². The van der Waals surface area contributed by atoms with Crippen molar-refractivity contribution in [3.63, 3.8) is 0 Å². The molecule has 0 unspecified atom stereocenters. The first-order valence-electron chi connectivity index (χ1n) is 5.34. The predicted molar refractivity (Wildman–Crippen MR) is 64.3 cm³/mol. The number of pyridine rings is 1. The molecule has 0 aromatic carbocycles. The van der Waals surface area contributed by atoms with Crippen molar-refractivity contribution in [2.24, 2.45) is 0 Å². The fraction of sp³-hybridized carbons (Fsp3) is 0.500. The van der Waals surface area contributed by atoms with Crippen LogP contribution in [0.25, 0.3) is 0 Å². The summed E-state index contributed by atoms with van der Waals surface area (Å²) in [5, 5.41) is 0. The molecule has 0 saturated heterocycles. The van der Waals surface area contributed by atoms with E-state index in [1.165, 1.54) is 5.56 Å².